The van der Waals surface area contributed by atoms with Crippen molar-refractivity contribution in [2.45, 2.75) is 58.0 Å². The molecular formula is C17H25FN2O. The van der Waals surface area contributed by atoms with Gasteiger partial charge < -0.3 is 10.6 Å². The van der Waals surface area contributed by atoms with E-state index < -0.39 is 5.82 Å². The monoisotopic (exact) mass is 292 g/mol. The largest absolute Gasteiger partial charge is 0.336 e. The molecule has 3 nitrogen and oxygen atoms in total. The van der Waals surface area contributed by atoms with Gasteiger partial charge in [0.1, 0.15) is 5.82 Å². The van der Waals surface area contributed by atoms with Crippen LogP contribution in [0, 0.1) is 5.82 Å². The van der Waals surface area contributed by atoms with Crippen molar-refractivity contribution in [3.05, 3.63) is 35.1 Å². The van der Waals surface area contributed by atoms with Crippen LogP contribution in [0.1, 0.15) is 61.4 Å². The number of benzene rings is 1. The van der Waals surface area contributed by atoms with E-state index in [9.17, 15) is 9.18 Å². The van der Waals surface area contributed by atoms with Gasteiger partial charge in [0.2, 0.25) is 0 Å². The molecule has 0 radical (unpaired) electrons. The second-order valence-electron chi connectivity index (χ2n) is 5.77. The summed E-state index contributed by atoms with van der Waals surface area (Å²) >= 11 is 0. The molecule has 1 aromatic rings. The third-order valence-corrected chi connectivity index (χ3v) is 4.27. The maximum absolute atomic E-state index is 14.4. The summed E-state index contributed by atoms with van der Waals surface area (Å²) in [6, 6.07) is 5.18. The molecule has 2 N–H and O–H groups in total. The summed E-state index contributed by atoms with van der Waals surface area (Å²) in [5.41, 5.74) is 6.10. The van der Waals surface area contributed by atoms with Gasteiger partial charge in [-0.25, -0.2) is 4.39 Å². The van der Waals surface area contributed by atoms with E-state index in [1.165, 1.54) is 6.42 Å². The summed E-state index contributed by atoms with van der Waals surface area (Å²) in [5, 5.41) is 0. The Hall–Kier alpha value is -1.42. The first kappa shape index (κ1) is 16.0. The molecule has 1 amide bonds. The summed E-state index contributed by atoms with van der Waals surface area (Å²) in [5.74, 6) is -0.640. The average Bonchev–Trinajstić information content (AvgIpc) is 2.53. The second kappa shape index (κ2) is 7.55. The normalized spacial score (nSPS) is 16.0. The molecule has 1 fully saturated rings. The minimum absolute atomic E-state index is 0.115. The molecular weight excluding hydrogens is 267 g/mol. The van der Waals surface area contributed by atoms with Crippen LogP contribution >= 0.6 is 0 Å². The zero-order chi connectivity index (χ0) is 15.2. The van der Waals surface area contributed by atoms with E-state index >= 15 is 0 Å². The molecule has 1 aromatic carbocycles. The Morgan fingerprint density at radius 2 is 2.05 bits per heavy atom. The first-order chi connectivity index (χ1) is 10.2. The van der Waals surface area contributed by atoms with E-state index in [1.807, 2.05) is 4.90 Å². The number of hydrogen-bond acceptors (Lipinski definition) is 2. The number of halogens is 1. The molecule has 1 aliphatic carbocycles. The van der Waals surface area contributed by atoms with Gasteiger partial charge in [-0.05, 0) is 25.3 Å². The van der Waals surface area contributed by atoms with E-state index in [0.717, 1.165) is 32.1 Å². The molecule has 0 aliphatic heterocycles. The standard InChI is InChI=1S/C17H25FN2O/c1-2-11-20(14-8-4-3-5-9-14)17(21)15-10-6-7-13(12-19)16(15)18/h6-7,10,14H,2-5,8-9,11-12,19H2,1H3. The van der Waals surface area contributed by atoms with Crippen LogP contribution in [0.2, 0.25) is 0 Å². The molecule has 0 aromatic heterocycles. The summed E-state index contributed by atoms with van der Waals surface area (Å²) in [7, 11) is 0. The van der Waals surface area contributed by atoms with Crippen molar-refractivity contribution in [2.75, 3.05) is 6.54 Å². The van der Waals surface area contributed by atoms with Crippen molar-refractivity contribution in [2.24, 2.45) is 5.73 Å². The van der Waals surface area contributed by atoms with Gasteiger partial charge >= 0.3 is 0 Å². The lowest BCUT2D eigenvalue weighted by Crippen LogP contribution is -2.42. The van der Waals surface area contributed by atoms with Crippen molar-refractivity contribution < 1.29 is 9.18 Å². The molecule has 0 unspecified atom stereocenters. The van der Waals surface area contributed by atoms with Crippen LogP contribution in [-0.2, 0) is 6.54 Å². The minimum Gasteiger partial charge on any atom is -0.336 e. The maximum Gasteiger partial charge on any atom is 0.257 e. The van der Waals surface area contributed by atoms with Gasteiger partial charge in [0, 0.05) is 24.7 Å². The van der Waals surface area contributed by atoms with Gasteiger partial charge in [-0.1, -0.05) is 38.3 Å². The van der Waals surface area contributed by atoms with Crippen molar-refractivity contribution in [1.82, 2.24) is 4.90 Å². The Kier molecular flexibility index (Phi) is 5.74. The summed E-state index contributed by atoms with van der Waals surface area (Å²) in [4.78, 5) is 14.6. The van der Waals surface area contributed by atoms with Gasteiger partial charge in [-0.2, -0.15) is 0 Å². The van der Waals surface area contributed by atoms with E-state index in [0.29, 0.717) is 12.1 Å². The van der Waals surface area contributed by atoms with Gasteiger partial charge in [-0.15, -0.1) is 0 Å². The third-order valence-electron chi connectivity index (χ3n) is 4.27. The van der Waals surface area contributed by atoms with Crippen molar-refractivity contribution >= 4 is 5.91 Å². The first-order valence-electron chi connectivity index (χ1n) is 7.97. The molecule has 0 saturated heterocycles. The number of nitrogens with two attached hydrogens (primary N) is 1. The van der Waals surface area contributed by atoms with Crippen LogP contribution in [0.5, 0.6) is 0 Å². The van der Waals surface area contributed by atoms with E-state index in [1.54, 1.807) is 18.2 Å². The number of carbonyl (C=O) groups excluding carboxylic acids is 1. The Bertz CT molecular complexity index is 484. The Balaban J connectivity index is 2.25. The van der Waals surface area contributed by atoms with Crippen LogP contribution < -0.4 is 5.73 Å². The third kappa shape index (κ3) is 3.62. The zero-order valence-electron chi connectivity index (χ0n) is 12.8. The first-order valence-corrected chi connectivity index (χ1v) is 7.97. The van der Waals surface area contributed by atoms with E-state index in [2.05, 4.69) is 6.92 Å². The van der Waals surface area contributed by atoms with E-state index in [4.69, 9.17) is 5.73 Å². The lowest BCUT2D eigenvalue weighted by atomic mass is 9.93. The minimum atomic E-state index is -0.457. The highest BCUT2D eigenvalue weighted by Gasteiger charge is 2.27. The molecule has 1 saturated carbocycles. The molecule has 0 spiro atoms. The molecule has 4 heteroatoms. The number of rotatable bonds is 5. The van der Waals surface area contributed by atoms with Crippen molar-refractivity contribution in [1.29, 1.82) is 0 Å². The van der Waals surface area contributed by atoms with Crippen LogP contribution in [0.25, 0.3) is 0 Å². The van der Waals surface area contributed by atoms with Crippen LogP contribution in [0.15, 0.2) is 18.2 Å². The van der Waals surface area contributed by atoms with Crippen LogP contribution in [0.3, 0.4) is 0 Å². The number of carbonyl (C=O) groups is 1. The fourth-order valence-corrected chi connectivity index (χ4v) is 3.14. The Labute approximate surface area is 126 Å². The zero-order valence-corrected chi connectivity index (χ0v) is 12.8. The van der Waals surface area contributed by atoms with Crippen molar-refractivity contribution in [3.8, 4) is 0 Å². The molecule has 0 heterocycles. The summed E-state index contributed by atoms with van der Waals surface area (Å²) < 4.78 is 14.4. The predicted octanol–water partition coefficient (Wildman–Crippen LogP) is 3.47. The lowest BCUT2D eigenvalue weighted by molar-refractivity contribution is 0.0629. The Morgan fingerprint density at radius 3 is 2.67 bits per heavy atom. The van der Waals surface area contributed by atoms with Gasteiger partial charge in [0.15, 0.2) is 0 Å². The van der Waals surface area contributed by atoms with Crippen LogP contribution in [0.4, 0.5) is 4.39 Å². The van der Waals surface area contributed by atoms with Gasteiger partial charge in [0.05, 0.1) is 5.56 Å². The quantitative estimate of drug-likeness (QED) is 0.903. The van der Waals surface area contributed by atoms with Gasteiger partial charge in [-0.3, -0.25) is 4.79 Å². The molecule has 0 bridgehead atoms. The maximum atomic E-state index is 14.4. The van der Waals surface area contributed by atoms with Crippen LogP contribution in [-0.4, -0.2) is 23.4 Å². The van der Waals surface area contributed by atoms with Gasteiger partial charge in [0.25, 0.3) is 5.91 Å². The fraction of sp³-hybridized carbons (Fsp3) is 0.588. The summed E-state index contributed by atoms with van der Waals surface area (Å²) in [6.45, 7) is 2.86. The molecule has 2 rings (SSSR count). The lowest BCUT2D eigenvalue weighted by Gasteiger charge is -2.34. The number of amides is 1. The average molecular weight is 292 g/mol. The topological polar surface area (TPSA) is 46.3 Å². The van der Waals surface area contributed by atoms with E-state index in [-0.39, 0.29) is 24.1 Å². The molecule has 116 valence electrons. The highest BCUT2D eigenvalue weighted by Crippen LogP contribution is 2.25. The number of hydrogen-bond donors (Lipinski definition) is 1. The highest BCUT2D eigenvalue weighted by molar-refractivity contribution is 5.95. The molecule has 1 aliphatic rings. The fourth-order valence-electron chi connectivity index (χ4n) is 3.14. The molecule has 0 atom stereocenters. The second-order valence-corrected chi connectivity index (χ2v) is 5.77. The SMILES string of the molecule is CCCN(C(=O)c1cccc(CN)c1F)C1CCCCC1. The highest BCUT2D eigenvalue weighted by atomic mass is 19.1. The summed E-state index contributed by atoms with van der Waals surface area (Å²) in [6.07, 6.45) is 6.50. The Morgan fingerprint density at radius 1 is 1.33 bits per heavy atom. The molecule has 21 heavy (non-hydrogen) atoms. The predicted molar refractivity (Wildman–Crippen MR) is 82.5 cm³/mol. The van der Waals surface area contributed by atoms with Crippen molar-refractivity contribution in [3.63, 3.8) is 0 Å². The number of nitrogens with zero attached hydrogens (tertiary/aromatic N) is 1. The smallest absolute Gasteiger partial charge is 0.257 e.